The fourth-order valence-corrected chi connectivity index (χ4v) is 1.94. The van der Waals surface area contributed by atoms with E-state index >= 15 is 0 Å². The molecule has 90 valence electrons. The Labute approximate surface area is 95.4 Å². The Hall–Kier alpha value is -0.0800. The fourth-order valence-electron chi connectivity index (χ4n) is 1.94. The Kier molecular flexibility index (Phi) is 7.03. The quantitative estimate of drug-likeness (QED) is 0.560. The molecule has 2 nitrogen and oxygen atoms in total. The molecule has 15 heavy (non-hydrogen) atoms. The maximum absolute atomic E-state index is 3.53. The van der Waals surface area contributed by atoms with Crippen molar-refractivity contribution < 1.29 is 0 Å². The molecule has 0 amide bonds. The van der Waals surface area contributed by atoms with E-state index in [9.17, 15) is 0 Å². The van der Waals surface area contributed by atoms with E-state index in [1.165, 1.54) is 64.8 Å². The third kappa shape index (κ3) is 6.91. The van der Waals surface area contributed by atoms with Crippen LogP contribution in [0.2, 0.25) is 0 Å². The van der Waals surface area contributed by atoms with E-state index in [4.69, 9.17) is 0 Å². The van der Waals surface area contributed by atoms with Crippen LogP contribution in [0.25, 0.3) is 0 Å². The standard InChI is InChI=1S/C13H28N2/c1-3-5-8-14-9-11-15(10-4-2)12-13-6-7-13/h13-14H,3-12H2,1-2H3. The smallest absolute Gasteiger partial charge is 0.0107 e. The fraction of sp³-hybridized carbons (Fsp3) is 1.00. The summed E-state index contributed by atoms with van der Waals surface area (Å²) < 4.78 is 0. The van der Waals surface area contributed by atoms with Crippen LogP contribution in [0.1, 0.15) is 46.0 Å². The molecular weight excluding hydrogens is 184 g/mol. The topological polar surface area (TPSA) is 15.3 Å². The number of hydrogen-bond donors (Lipinski definition) is 1. The first-order chi connectivity index (χ1) is 7.36. The average Bonchev–Trinajstić information content (AvgIpc) is 3.01. The van der Waals surface area contributed by atoms with Gasteiger partial charge in [-0.3, -0.25) is 0 Å². The second-order valence-electron chi connectivity index (χ2n) is 4.85. The van der Waals surface area contributed by atoms with Gasteiger partial charge in [0, 0.05) is 19.6 Å². The van der Waals surface area contributed by atoms with Crippen molar-refractivity contribution in [2.75, 3.05) is 32.7 Å². The van der Waals surface area contributed by atoms with Gasteiger partial charge in [-0.05, 0) is 44.7 Å². The van der Waals surface area contributed by atoms with Crippen molar-refractivity contribution >= 4 is 0 Å². The van der Waals surface area contributed by atoms with Crippen LogP contribution >= 0.6 is 0 Å². The first-order valence-electron chi connectivity index (χ1n) is 6.79. The van der Waals surface area contributed by atoms with Gasteiger partial charge in [-0.15, -0.1) is 0 Å². The van der Waals surface area contributed by atoms with E-state index in [0.29, 0.717) is 0 Å². The maximum atomic E-state index is 3.53. The molecule has 0 aromatic carbocycles. The van der Waals surface area contributed by atoms with Crippen LogP contribution in [0.3, 0.4) is 0 Å². The lowest BCUT2D eigenvalue weighted by molar-refractivity contribution is 0.263. The van der Waals surface area contributed by atoms with Gasteiger partial charge in [0.25, 0.3) is 0 Å². The second-order valence-corrected chi connectivity index (χ2v) is 4.85. The molecule has 0 bridgehead atoms. The minimum absolute atomic E-state index is 1.03. The lowest BCUT2D eigenvalue weighted by Crippen LogP contribution is -2.34. The highest BCUT2D eigenvalue weighted by molar-refractivity contribution is 4.77. The Morgan fingerprint density at radius 2 is 1.87 bits per heavy atom. The summed E-state index contributed by atoms with van der Waals surface area (Å²) in [6, 6.07) is 0. The molecule has 0 aromatic rings. The van der Waals surface area contributed by atoms with Crippen molar-refractivity contribution in [2.24, 2.45) is 5.92 Å². The van der Waals surface area contributed by atoms with Crippen LogP contribution in [-0.4, -0.2) is 37.6 Å². The molecule has 0 heterocycles. The second kappa shape index (κ2) is 8.12. The molecule has 1 aliphatic carbocycles. The van der Waals surface area contributed by atoms with Gasteiger partial charge in [-0.2, -0.15) is 0 Å². The Balaban J connectivity index is 1.97. The van der Waals surface area contributed by atoms with E-state index < -0.39 is 0 Å². The molecule has 1 rings (SSSR count). The molecule has 0 saturated heterocycles. The van der Waals surface area contributed by atoms with Gasteiger partial charge in [0.05, 0.1) is 0 Å². The Bertz CT molecular complexity index is 143. The number of rotatable bonds is 10. The normalized spacial score (nSPS) is 16.2. The molecule has 0 aliphatic heterocycles. The third-order valence-corrected chi connectivity index (χ3v) is 3.07. The lowest BCUT2D eigenvalue weighted by atomic mass is 10.3. The van der Waals surface area contributed by atoms with Gasteiger partial charge in [0.2, 0.25) is 0 Å². The van der Waals surface area contributed by atoms with Crippen LogP contribution in [0, 0.1) is 5.92 Å². The van der Waals surface area contributed by atoms with Crippen molar-refractivity contribution in [2.45, 2.75) is 46.0 Å². The van der Waals surface area contributed by atoms with Gasteiger partial charge in [-0.1, -0.05) is 20.3 Å². The highest BCUT2D eigenvalue weighted by atomic mass is 15.1. The number of nitrogens with one attached hydrogen (secondary N) is 1. The first-order valence-corrected chi connectivity index (χ1v) is 6.79. The average molecular weight is 212 g/mol. The first kappa shape index (κ1) is 13.0. The highest BCUT2D eigenvalue weighted by Gasteiger charge is 2.23. The van der Waals surface area contributed by atoms with Crippen molar-refractivity contribution in [3.63, 3.8) is 0 Å². The van der Waals surface area contributed by atoms with Crippen LogP contribution in [0.5, 0.6) is 0 Å². The van der Waals surface area contributed by atoms with Crippen molar-refractivity contribution in [1.82, 2.24) is 10.2 Å². The van der Waals surface area contributed by atoms with Crippen molar-refractivity contribution in [3.05, 3.63) is 0 Å². The molecule has 1 saturated carbocycles. The van der Waals surface area contributed by atoms with Crippen molar-refractivity contribution in [3.8, 4) is 0 Å². The molecule has 0 radical (unpaired) electrons. The van der Waals surface area contributed by atoms with Gasteiger partial charge in [0.15, 0.2) is 0 Å². The van der Waals surface area contributed by atoms with E-state index in [2.05, 4.69) is 24.1 Å². The predicted molar refractivity (Wildman–Crippen MR) is 67.2 cm³/mol. The van der Waals surface area contributed by atoms with Gasteiger partial charge in [-0.25, -0.2) is 0 Å². The summed E-state index contributed by atoms with van der Waals surface area (Å²) in [5, 5.41) is 3.53. The van der Waals surface area contributed by atoms with Gasteiger partial charge < -0.3 is 10.2 Å². The largest absolute Gasteiger partial charge is 0.315 e. The van der Waals surface area contributed by atoms with Crippen LogP contribution in [-0.2, 0) is 0 Å². The zero-order valence-electron chi connectivity index (χ0n) is 10.6. The zero-order chi connectivity index (χ0) is 10.9. The number of hydrogen-bond acceptors (Lipinski definition) is 2. The van der Waals surface area contributed by atoms with Crippen LogP contribution in [0.15, 0.2) is 0 Å². The van der Waals surface area contributed by atoms with E-state index in [1.807, 2.05) is 0 Å². The summed E-state index contributed by atoms with van der Waals surface area (Å²) >= 11 is 0. The number of unbranched alkanes of at least 4 members (excludes halogenated alkanes) is 1. The minimum atomic E-state index is 1.03. The van der Waals surface area contributed by atoms with E-state index in [-0.39, 0.29) is 0 Å². The van der Waals surface area contributed by atoms with Gasteiger partial charge >= 0.3 is 0 Å². The third-order valence-electron chi connectivity index (χ3n) is 3.07. The van der Waals surface area contributed by atoms with Crippen LogP contribution in [0.4, 0.5) is 0 Å². The molecule has 0 spiro atoms. The van der Waals surface area contributed by atoms with Crippen molar-refractivity contribution in [1.29, 1.82) is 0 Å². The molecule has 2 heteroatoms. The monoisotopic (exact) mass is 212 g/mol. The Morgan fingerprint density at radius 3 is 2.47 bits per heavy atom. The Morgan fingerprint density at radius 1 is 1.07 bits per heavy atom. The summed E-state index contributed by atoms with van der Waals surface area (Å²) in [5.74, 6) is 1.03. The molecule has 0 atom stereocenters. The van der Waals surface area contributed by atoms with E-state index in [0.717, 1.165) is 5.92 Å². The SMILES string of the molecule is CCCCNCCN(CCC)CC1CC1. The number of nitrogens with zero attached hydrogens (tertiary/aromatic N) is 1. The summed E-state index contributed by atoms with van der Waals surface area (Å²) in [6.07, 6.45) is 6.86. The zero-order valence-corrected chi connectivity index (χ0v) is 10.6. The summed E-state index contributed by atoms with van der Waals surface area (Å²) in [7, 11) is 0. The van der Waals surface area contributed by atoms with Gasteiger partial charge in [0.1, 0.15) is 0 Å². The maximum Gasteiger partial charge on any atom is 0.0107 e. The molecule has 0 aromatic heterocycles. The summed E-state index contributed by atoms with van der Waals surface area (Å²) in [4.78, 5) is 2.64. The highest BCUT2D eigenvalue weighted by Crippen LogP contribution is 2.29. The summed E-state index contributed by atoms with van der Waals surface area (Å²) in [5.41, 5.74) is 0. The lowest BCUT2D eigenvalue weighted by Gasteiger charge is -2.21. The molecule has 1 fully saturated rings. The molecular formula is C13H28N2. The minimum Gasteiger partial charge on any atom is -0.315 e. The molecule has 0 unspecified atom stereocenters. The van der Waals surface area contributed by atoms with Crippen LogP contribution < -0.4 is 5.32 Å². The molecule has 1 aliphatic rings. The molecule has 1 N–H and O–H groups in total. The summed E-state index contributed by atoms with van der Waals surface area (Å²) in [6.45, 7) is 10.8. The van der Waals surface area contributed by atoms with E-state index in [1.54, 1.807) is 0 Å². The predicted octanol–water partition coefficient (Wildman–Crippen LogP) is 2.50.